The molecule has 0 aromatic rings. The summed E-state index contributed by atoms with van der Waals surface area (Å²) in [4.78, 5) is 10.5. The number of nitrogens with two attached hydrogens (primary N) is 3. The number of hydrazine groups is 1. The number of hydrogen-bond acceptors (Lipinski definition) is 3. The van der Waals surface area contributed by atoms with Gasteiger partial charge in [0.15, 0.2) is 0 Å². The Kier molecular flexibility index (Phi) is 23.8. The first-order chi connectivity index (χ1) is 10.8. The number of allylic oxidation sites excluding steroid dienone is 2. The van der Waals surface area contributed by atoms with Gasteiger partial charge in [0.25, 0.3) is 0 Å². The molecule has 1 amide bonds. The van der Waals surface area contributed by atoms with Crippen molar-refractivity contribution in [2.45, 2.75) is 96.8 Å². The minimum Gasteiger partial charge on any atom is -0.370 e. The molecule has 0 rings (SSSR count). The highest BCUT2D eigenvalue weighted by atomic mass is 16.1. The lowest BCUT2D eigenvalue weighted by Crippen LogP contribution is -2.09. The van der Waals surface area contributed by atoms with Gasteiger partial charge in [-0.2, -0.15) is 0 Å². The number of amides is 1. The van der Waals surface area contributed by atoms with E-state index in [1.165, 1.54) is 70.6 Å². The number of carbonyl (C=O) groups is 1. The highest BCUT2D eigenvalue weighted by molar-refractivity contribution is 5.73. The van der Waals surface area contributed by atoms with E-state index in [0.717, 1.165) is 12.8 Å². The molecule has 0 aliphatic carbocycles. The van der Waals surface area contributed by atoms with Gasteiger partial charge in [0.05, 0.1) is 0 Å². The Morgan fingerprint density at radius 3 is 1.59 bits per heavy atom. The van der Waals surface area contributed by atoms with E-state index in [0.29, 0.717) is 6.42 Å². The molecule has 0 radical (unpaired) electrons. The molecule has 0 unspecified atom stereocenters. The molecule has 0 saturated heterocycles. The summed E-state index contributed by atoms with van der Waals surface area (Å²) in [5, 5.41) is 0. The Balaban J connectivity index is 0. The van der Waals surface area contributed by atoms with Crippen molar-refractivity contribution in [1.82, 2.24) is 0 Å². The summed E-state index contributed by atoms with van der Waals surface area (Å²) in [6.45, 7) is 2.26. The number of carbonyl (C=O) groups excluding carboxylic acids is 1. The van der Waals surface area contributed by atoms with Crippen LogP contribution in [0.4, 0.5) is 0 Å². The van der Waals surface area contributed by atoms with E-state index in [9.17, 15) is 4.79 Å². The van der Waals surface area contributed by atoms with Crippen LogP contribution in [0.15, 0.2) is 12.2 Å². The minimum absolute atomic E-state index is 0.164. The van der Waals surface area contributed by atoms with Crippen LogP contribution >= 0.6 is 0 Å². The number of hydrogen-bond donors (Lipinski definition) is 3. The van der Waals surface area contributed by atoms with Gasteiger partial charge < -0.3 is 5.73 Å². The van der Waals surface area contributed by atoms with Gasteiger partial charge in [0, 0.05) is 6.42 Å². The first kappa shape index (κ1) is 23.4. The fourth-order valence-electron chi connectivity index (χ4n) is 2.37. The lowest BCUT2D eigenvalue weighted by atomic mass is 10.1. The Morgan fingerprint density at radius 2 is 1.14 bits per heavy atom. The van der Waals surface area contributed by atoms with Crippen LogP contribution in [0.2, 0.25) is 0 Å². The Hall–Kier alpha value is -0.870. The molecule has 0 atom stereocenters. The quantitative estimate of drug-likeness (QED) is 0.182. The van der Waals surface area contributed by atoms with Gasteiger partial charge in [0.1, 0.15) is 0 Å². The molecule has 0 saturated carbocycles. The van der Waals surface area contributed by atoms with Crippen LogP contribution in [0.5, 0.6) is 0 Å². The van der Waals surface area contributed by atoms with E-state index >= 15 is 0 Å². The summed E-state index contributed by atoms with van der Waals surface area (Å²) in [5.41, 5.74) is 5.10. The molecule has 0 spiro atoms. The van der Waals surface area contributed by atoms with Gasteiger partial charge >= 0.3 is 0 Å². The highest BCUT2D eigenvalue weighted by Crippen LogP contribution is 2.09. The maximum Gasteiger partial charge on any atom is 0.217 e. The van der Waals surface area contributed by atoms with Crippen LogP contribution in [0.3, 0.4) is 0 Å². The van der Waals surface area contributed by atoms with Crippen molar-refractivity contribution in [1.29, 1.82) is 0 Å². The van der Waals surface area contributed by atoms with E-state index in [2.05, 4.69) is 30.8 Å². The third-order valence-electron chi connectivity index (χ3n) is 3.68. The topological polar surface area (TPSA) is 95.1 Å². The zero-order valence-electron chi connectivity index (χ0n) is 14.7. The molecule has 22 heavy (non-hydrogen) atoms. The van der Waals surface area contributed by atoms with E-state index in [1.54, 1.807) is 0 Å². The van der Waals surface area contributed by atoms with Crippen molar-refractivity contribution < 1.29 is 4.79 Å². The van der Waals surface area contributed by atoms with Crippen LogP contribution in [-0.4, -0.2) is 5.91 Å². The predicted octanol–water partition coefficient (Wildman–Crippen LogP) is 4.33. The van der Waals surface area contributed by atoms with Crippen molar-refractivity contribution in [3.8, 4) is 0 Å². The molecule has 132 valence electrons. The monoisotopic (exact) mass is 313 g/mol. The second-order valence-electron chi connectivity index (χ2n) is 5.80. The second kappa shape index (κ2) is 22.4. The Bertz CT molecular complexity index is 242. The largest absolute Gasteiger partial charge is 0.370 e. The summed E-state index contributed by atoms with van der Waals surface area (Å²) in [6.07, 6.45) is 21.9. The average molecular weight is 314 g/mol. The van der Waals surface area contributed by atoms with Gasteiger partial charge in [-0.1, -0.05) is 70.4 Å². The molecule has 0 aliphatic heterocycles. The zero-order chi connectivity index (χ0) is 16.9. The Labute approximate surface area is 137 Å². The van der Waals surface area contributed by atoms with E-state index in [1.807, 2.05) is 0 Å². The molecular formula is C18H39N3O. The lowest BCUT2D eigenvalue weighted by molar-refractivity contribution is -0.118. The minimum atomic E-state index is -0.164. The van der Waals surface area contributed by atoms with Crippen molar-refractivity contribution in [3.05, 3.63) is 12.2 Å². The number of unbranched alkanes of at least 4 members (excludes halogenated alkanes) is 11. The Morgan fingerprint density at radius 1 is 0.727 bits per heavy atom. The maximum absolute atomic E-state index is 10.5. The summed E-state index contributed by atoms with van der Waals surface area (Å²) in [7, 11) is 0. The molecule has 0 aliphatic rings. The lowest BCUT2D eigenvalue weighted by Gasteiger charge is -1.99. The van der Waals surface area contributed by atoms with Gasteiger partial charge in [0.2, 0.25) is 5.91 Å². The fraction of sp³-hybridized carbons (Fsp3) is 0.833. The van der Waals surface area contributed by atoms with Crippen LogP contribution in [0, 0.1) is 0 Å². The first-order valence-electron chi connectivity index (χ1n) is 9.04. The van der Waals surface area contributed by atoms with Crippen LogP contribution < -0.4 is 17.4 Å². The number of rotatable bonds is 15. The van der Waals surface area contributed by atoms with Crippen LogP contribution in [-0.2, 0) is 4.79 Å². The van der Waals surface area contributed by atoms with Gasteiger partial charge in [-0.3, -0.25) is 16.5 Å². The first-order valence-corrected chi connectivity index (χ1v) is 9.04. The third-order valence-corrected chi connectivity index (χ3v) is 3.68. The molecule has 6 N–H and O–H groups in total. The smallest absolute Gasteiger partial charge is 0.217 e. The highest BCUT2D eigenvalue weighted by Gasteiger charge is 1.94. The summed E-state index contributed by atoms with van der Waals surface area (Å²) in [5.74, 6) is 7.84. The van der Waals surface area contributed by atoms with E-state index in [-0.39, 0.29) is 5.91 Å². The summed E-state index contributed by atoms with van der Waals surface area (Å²) >= 11 is 0. The van der Waals surface area contributed by atoms with Gasteiger partial charge in [-0.15, -0.1) is 0 Å². The molecule has 0 aromatic carbocycles. The van der Waals surface area contributed by atoms with Crippen molar-refractivity contribution >= 4 is 5.91 Å². The molecule has 0 bridgehead atoms. The predicted molar refractivity (Wildman–Crippen MR) is 97.0 cm³/mol. The average Bonchev–Trinajstić information content (AvgIpc) is 2.53. The number of primary amides is 1. The SMILES string of the molecule is CCCCCCCCC=CCCCCCCCC(N)=O.NN. The molecule has 0 aromatic heterocycles. The molecule has 0 heterocycles. The molecule has 4 heteroatoms. The van der Waals surface area contributed by atoms with Crippen molar-refractivity contribution in [3.63, 3.8) is 0 Å². The van der Waals surface area contributed by atoms with Crippen molar-refractivity contribution in [2.75, 3.05) is 0 Å². The van der Waals surface area contributed by atoms with Gasteiger partial charge in [-0.25, -0.2) is 0 Å². The molecule has 0 fully saturated rings. The maximum atomic E-state index is 10.5. The second-order valence-corrected chi connectivity index (χ2v) is 5.80. The molecule has 4 nitrogen and oxygen atoms in total. The zero-order valence-corrected chi connectivity index (χ0v) is 14.7. The van der Waals surface area contributed by atoms with E-state index in [4.69, 9.17) is 5.73 Å². The van der Waals surface area contributed by atoms with E-state index < -0.39 is 0 Å². The molecular weight excluding hydrogens is 274 g/mol. The summed E-state index contributed by atoms with van der Waals surface area (Å²) < 4.78 is 0. The van der Waals surface area contributed by atoms with Crippen LogP contribution in [0.1, 0.15) is 96.8 Å². The van der Waals surface area contributed by atoms with Crippen LogP contribution in [0.25, 0.3) is 0 Å². The summed E-state index contributed by atoms with van der Waals surface area (Å²) in [6, 6.07) is 0. The standard InChI is InChI=1S/C18H35NO.H4N2/c1-2-3-4-5-6-7-8-9-10-11-12-13-14-15-16-17-18(19)20;1-2/h9-10H,2-8,11-17H2,1H3,(H2,19,20);1-2H2. The van der Waals surface area contributed by atoms with Crippen molar-refractivity contribution in [2.24, 2.45) is 17.4 Å². The third kappa shape index (κ3) is 24.2. The normalized spacial score (nSPS) is 10.5. The fourth-order valence-corrected chi connectivity index (χ4v) is 2.37. The van der Waals surface area contributed by atoms with Gasteiger partial charge in [-0.05, 0) is 32.1 Å².